The van der Waals surface area contributed by atoms with Crippen LogP contribution in [0.1, 0.15) is 11.4 Å². The lowest BCUT2D eigenvalue weighted by Gasteiger charge is -2.10. The van der Waals surface area contributed by atoms with E-state index >= 15 is 0 Å². The summed E-state index contributed by atoms with van der Waals surface area (Å²) >= 11 is 3.19. The topological polar surface area (TPSA) is 70.1 Å². The van der Waals surface area contributed by atoms with Crippen LogP contribution in [0.3, 0.4) is 0 Å². The molecule has 0 aromatic carbocycles. The van der Waals surface area contributed by atoms with E-state index in [1.165, 1.54) is 0 Å². The van der Waals surface area contributed by atoms with E-state index in [2.05, 4.69) is 20.9 Å². The molecule has 0 saturated heterocycles. The molecule has 0 amide bonds. The van der Waals surface area contributed by atoms with Crippen molar-refractivity contribution in [1.82, 2.24) is 9.55 Å². The molecule has 0 aliphatic heterocycles. The van der Waals surface area contributed by atoms with E-state index in [9.17, 15) is 4.79 Å². The first-order chi connectivity index (χ1) is 8.99. The molecule has 2 aromatic rings. The SMILES string of the molecule is COc1cc(C)nc(Cn2cc(N)c(=O)c(Br)c2)c1. The summed E-state index contributed by atoms with van der Waals surface area (Å²) in [5, 5.41) is 0. The molecule has 100 valence electrons. The number of hydrogen-bond acceptors (Lipinski definition) is 4. The van der Waals surface area contributed by atoms with Crippen molar-refractivity contribution in [3.63, 3.8) is 0 Å². The van der Waals surface area contributed by atoms with Crippen LogP contribution >= 0.6 is 15.9 Å². The Bertz CT molecular complexity index is 641. The Hall–Kier alpha value is -1.82. The molecule has 6 heteroatoms. The summed E-state index contributed by atoms with van der Waals surface area (Å²) < 4.78 is 7.45. The molecular formula is C13H14BrN3O2. The molecule has 0 unspecified atom stereocenters. The van der Waals surface area contributed by atoms with Crippen LogP contribution in [-0.4, -0.2) is 16.7 Å². The van der Waals surface area contributed by atoms with Crippen LogP contribution in [0.5, 0.6) is 5.75 Å². The first kappa shape index (κ1) is 13.6. The van der Waals surface area contributed by atoms with Crippen LogP contribution in [0.4, 0.5) is 5.69 Å². The van der Waals surface area contributed by atoms with Gasteiger partial charge in [0.15, 0.2) is 0 Å². The first-order valence-electron chi connectivity index (χ1n) is 5.66. The maximum atomic E-state index is 11.5. The largest absolute Gasteiger partial charge is 0.497 e. The maximum absolute atomic E-state index is 11.5. The third-order valence-electron chi connectivity index (χ3n) is 2.62. The van der Waals surface area contributed by atoms with Crippen molar-refractivity contribution in [2.24, 2.45) is 0 Å². The molecule has 0 saturated carbocycles. The first-order valence-corrected chi connectivity index (χ1v) is 6.45. The average Bonchev–Trinajstić information content (AvgIpc) is 2.35. The molecule has 19 heavy (non-hydrogen) atoms. The summed E-state index contributed by atoms with van der Waals surface area (Å²) in [5.41, 5.74) is 7.37. The summed E-state index contributed by atoms with van der Waals surface area (Å²) in [6, 6.07) is 3.72. The van der Waals surface area contributed by atoms with Crippen LogP contribution in [0.25, 0.3) is 0 Å². The van der Waals surface area contributed by atoms with Gasteiger partial charge in [-0.25, -0.2) is 0 Å². The molecule has 2 N–H and O–H groups in total. The van der Waals surface area contributed by atoms with Crippen LogP contribution in [0.15, 0.2) is 33.8 Å². The quantitative estimate of drug-likeness (QED) is 0.937. The molecule has 0 fully saturated rings. The lowest BCUT2D eigenvalue weighted by molar-refractivity contribution is 0.413. The second kappa shape index (κ2) is 5.44. The molecule has 0 aliphatic rings. The summed E-state index contributed by atoms with van der Waals surface area (Å²) in [7, 11) is 1.62. The molecule has 0 atom stereocenters. The van der Waals surface area contributed by atoms with Crippen molar-refractivity contribution in [1.29, 1.82) is 0 Å². The molecule has 5 nitrogen and oxygen atoms in total. The zero-order chi connectivity index (χ0) is 14.0. The molecule has 0 aliphatic carbocycles. The van der Waals surface area contributed by atoms with Gasteiger partial charge in [0.25, 0.3) is 0 Å². The van der Waals surface area contributed by atoms with E-state index in [1.807, 2.05) is 23.6 Å². The molecular weight excluding hydrogens is 310 g/mol. The Morgan fingerprint density at radius 2 is 2.16 bits per heavy atom. The minimum Gasteiger partial charge on any atom is -0.497 e. The lowest BCUT2D eigenvalue weighted by Crippen LogP contribution is -2.14. The van der Waals surface area contributed by atoms with Gasteiger partial charge in [-0.15, -0.1) is 0 Å². The highest BCUT2D eigenvalue weighted by atomic mass is 79.9. The fourth-order valence-corrected chi connectivity index (χ4v) is 2.29. The van der Waals surface area contributed by atoms with Crippen molar-refractivity contribution in [2.45, 2.75) is 13.5 Å². The van der Waals surface area contributed by atoms with Crippen molar-refractivity contribution < 1.29 is 4.74 Å². The standard InChI is InChI=1S/C13H14BrN3O2/c1-8-3-10(19-2)4-9(16-8)5-17-6-11(14)13(18)12(15)7-17/h3-4,6-7H,5,15H2,1-2H3. The minimum absolute atomic E-state index is 0.203. The van der Waals surface area contributed by atoms with Gasteiger partial charge in [-0.3, -0.25) is 9.78 Å². The zero-order valence-corrected chi connectivity index (χ0v) is 12.3. The van der Waals surface area contributed by atoms with Crippen LogP contribution in [0.2, 0.25) is 0 Å². The number of nitrogens with two attached hydrogens (primary N) is 1. The number of methoxy groups -OCH3 is 1. The highest BCUT2D eigenvalue weighted by molar-refractivity contribution is 9.10. The van der Waals surface area contributed by atoms with Gasteiger partial charge in [0.1, 0.15) is 5.75 Å². The highest BCUT2D eigenvalue weighted by Crippen LogP contribution is 2.15. The third kappa shape index (κ3) is 3.14. The molecule has 0 radical (unpaired) electrons. The van der Waals surface area contributed by atoms with Gasteiger partial charge in [-0.2, -0.15) is 0 Å². The van der Waals surface area contributed by atoms with Crippen molar-refractivity contribution >= 4 is 21.6 Å². The highest BCUT2D eigenvalue weighted by Gasteiger charge is 2.05. The minimum atomic E-state index is -0.203. The predicted molar refractivity (Wildman–Crippen MR) is 77.4 cm³/mol. The number of nitrogen functional groups attached to an aromatic ring is 1. The van der Waals surface area contributed by atoms with E-state index in [1.54, 1.807) is 19.5 Å². The van der Waals surface area contributed by atoms with Gasteiger partial charge in [0, 0.05) is 30.2 Å². The molecule has 2 rings (SSSR count). The second-order valence-electron chi connectivity index (χ2n) is 4.20. The van der Waals surface area contributed by atoms with Crippen LogP contribution in [0, 0.1) is 6.92 Å². The normalized spacial score (nSPS) is 10.5. The number of anilines is 1. The van der Waals surface area contributed by atoms with Crippen molar-refractivity contribution in [3.05, 3.63) is 50.6 Å². The summed E-state index contributed by atoms with van der Waals surface area (Å²) in [4.78, 5) is 15.9. The predicted octanol–water partition coefficient (Wildman–Crippen LogP) is 1.95. The fourth-order valence-electron chi connectivity index (χ4n) is 1.80. The van der Waals surface area contributed by atoms with E-state index < -0.39 is 0 Å². The van der Waals surface area contributed by atoms with E-state index in [0.29, 0.717) is 11.0 Å². The summed E-state index contributed by atoms with van der Waals surface area (Å²) in [6.45, 7) is 2.42. The zero-order valence-electron chi connectivity index (χ0n) is 10.7. The van der Waals surface area contributed by atoms with Crippen molar-refractivity contribution in [2.75, 3.05) is 12.8 Å². The van der Waals surface area contributed by atoms with E-state index in [4.69, 9.17) is 10.5 Å². The Morgan fingerprint density at radius 1 is 1.42 bits per heavy atom. The number of halogens is 1. The fraction of sp³-hybridized carbons (Fsp3) is 0.231. The van der Waals surface area contributed by atoms with Crippen molar-refractivity contribution in [3.8, 4) is 5.75 Å². The van der Waals surface area contributed by atoms with E-state index in [0.717, 1.165) is 17.1 Å². The molecule has 0 spiro atoms. The van der Waals surface area contributed by atoms with Gasteiger partial charge in [0.2, 0.25) is 5.43 Å². The van der Waals surface area contributed by atoms with E-state index in [-0.39, 0.29) is 11.1 Å². The Kier molecular flexibility index (Phi) is 3.90. The van der Waals surface area contributed by atoms with Crippen LogP contribution < -0.4 is 15.9 Å². The molecule has 2 heterocycles. The monoisotopic (exact) mass is 323 g/mol. The smallest absolute Gasteiger partial charge is 0.218 e. The Balaban J connectivity index is 2.36. The number of hydrogen-bond donors (Lipinski definition) is 1. The number of aryl methyl sites for hydroxylation is 1. The molecule has 0 bridgehead atoms. The van der Waals surface area contributed by atoms with Gasteiger partial charge in [-0.1, -0.05) is 0 Å². The van der Waals surface area contributed by atoms with Gasteiger partial charge >= 0.3 is 0 Å². The molecule has 2 aromatic heterocycles. The lowest BCUT2D eigenvalue weighted by atomic mass is 10.3. The second-order valence-corrected chi connectivity index (χ2v) is 5.06. The van der Waals surface area contributed by atoms with Crippen LogP contribution in [-0.2, 0) is 6.54 Å². The number of aromatic nitrogens is 2. The number of pyridine rings is 2. The van der Waals surface area contributed by atoms with Gasteiger partial charge in [-0.05, 0) is 22.9 Å². The number of nitrogens with zero attached hydrogens (tertiary/aromatic N) is 2. The number of ether oxygens (including phenoxy) is 1. The summed E-state index contributed by atoms with van der Waals surface area (Å²) in [5.74, 6) is 0.760. The van der Waals surface area contributed by atoms with Gasteiger partial charge < -0.3 is 15.0 Å². The number of rotatable bonds is 3. The average molecular weight is 324 g/mol. The third-order valence-corrected chi connectivity index (χ3v) is 3.19. The summed E-state index contributed by atoms with van der Waals surface area (Å²) in [6.07, 6.45) is 3.29. The maximum Gasteiger partial charge on any atom is 0.218 e. The Morgan fingerprint density at radius 3 is 2.79 bits per heavy atom. The van der Waals surface area contributed by atoms with Gasteiger partial charge in [0.05, 0.1) is 29.5 Å². The Labute approximate surface area is 119 Å².